The second-order valence-corrected chi connectivity index (χ2v) is 12.5. The van der Waals surface area contributed by atoms with Crippen molar-refractivity contribution >= 4 is 27.3 Å². The van der Waals surface area contributed by atoms with Gasteiger partial charge < -0.3 is 20.5 Å². The Morgan fingerprint density at radius 2 is 1.82 bits per heavy atom. The molecule has 0 bridgehead atoms. The molecule has 9 nitrogen and oxygen atoms in total. The van der Waals surface area contributed by atoms with E-state index in [4.69, 9.17) is 15.2 Å². The maximum atomic E-state index is 13.1. The molecule has 0 radical (unpaired) electrons. The molecule has 3 aromatic rings. The van der Waals surface area contributed by atoms with Gasteiger partial charge in [0, 0.05) is 37.0 Å². The van der Waals surface area contributed by atoms with E-state index in [-0.39, 0.29) is 16.9 Å². The summed E-state index contributed by atoms with van der Waals surface area (Å²) in [6, 6.07) is 11.0. The fourth-order valence-corrected chi connectivity index (χ4v) is 5.55. The number of nitrogens with one attached hydrogen (secondary N) is 1. The summed E-state index contributed by atoms with van der Waals surface area (Å²) in [5.74, 6) is 1.18. The van der Waals surface area contributed by atoms with E-state index in [1.54, 1.807) is 44.3 Å². The Balaban J connectivity index is 1.79. The summed E-state index contributed by atoms with van der Waals surface area (Å²) in [6.45, 7) is 13.4. The van der Waals surface area contributed by atoms with Crippen LogP contribution < -0.4 is 15.8 Å². The van der Waals surface area contributed by atoms with Crippen LogP contribution in [0.25, 0.3) is 11.1 Å². The fourth-order valence-electron chi connectivity index (χ4n) is 4.35. The second kappa shape index (κ2) is 11.7. The highest BCUT2D eigenvalue weighted by atomic mass is 32.2. The maximum Gasteiger partial charge on any atom is 0.221 e. The van der Waals surface area contributed by atoms with Gasteiger partial charge in [0.25, 0.3) is 0 Å². The van der Waals surface area contributed by atoms with Crippen molar-refractivity contribution in [3.8, 4) is 16.9 Å². The molecule has 4 rings (SSSR count). The molecule has 10 heteroatoms. The second-order valence-electron chi connectivity index (χ2n) is 10.0. The van der Waals surface area contributed by atoms with Crippen LogP contribution >= 0.6 is 0 Å². The monoisotopic (exact) mass is 539 g/mol. The Bertz CT molecular complexity index is 1390. The first-order chi connectivity index (χ1) is 18.1. The van der Waals surface area contributed by atoms with E-state index in [9.17, 15) is 8.42 Å². The van der Waals surface area contributed by atoms with Crippen LogP contribution in [0.4, 0.5) is 17.5 Å². The normalized spacial score (nSPS) is 14.7. The molecule has 0 atom stereocenters. The summed E-state index contributed by atoms with van der Waals surface area (Å²) < 4.78 is 37.9. The number of hydrogen-bond donors (Lipinski definition) is 2. The van der Waals surface area contributed by atoms with Gasteiger partial charge in [-0.2, -0.15) is 4.98 Å². The van der Waals surface area contributed by atoms with Gasteiger partial charge in [-0.3, -0.25) is 4.90 Å². The summed E-state index contributed by atoms with van der Waals surface area (Å²) in [4.78, 5) is 11.3. The Morgan fingerprint density at radius 3 is 2.50 bits per heavy atom. The third kappa shape index (κ3) is 6.25. The van der Waals surface area contributed by atoms with E-state index in [0.717, 1.165) is 44.0 Å². The van der Waals surface area contributed by atoms with Gasteiger partial charge in [0.1, 0.15) is 11.6 Å². The number of nitrogens with zero attached hydrogens (tertiary/aromatic N) is 3. The third-order valence-electron chi connectivity index (χ3n) is 6.46. The minimum absolute atomic E-state index is 0.0595. The van der Waals surface area contributed by atoms with E-state index in [1.807, 2.05) is 13.8 Å². The molecular weight excluding hydrogens is 502 g/mol. The van der Waals surface area contributed by atoms with Gasteiger partial charge in [-0.1, -0.05) is 12.1 Å². The van der Waals surface area contributed by atoms with Crippen molar-refractivity contribution in [3.63, 3.8) is 0 Å². The molecule has 2 aromatic carbocycles. The Hall–Kier alpha value is -3.21. The first-order valence-corrected chi connectivity index (χ1v) is 14.4. The predicted molar refractivity (Wildman–Crippen MR) is 151 cm³/mol. The number of para-hydroxylation sites is 1. The number of anilines is 3. The van der Waals surface area contributed by atoms with Crippen molar-refractivity contribution in [2.24, 2.45) is 0 Å². The summed E-state index contributed by atoms with van der Waals surface area (Å²) >= 11 is 0. The number of hydrogen-bond acceptors (Lipinski definition) is 9. The lowest BCUT2D eigenvalue weighted by Gasteiger charge is -2.28. The van der Waals surface area contributed by atoms with Gasteiger partial charge in [0.2, 0.25) is 5.95 Å². The molecule has 0 saturated carbocycles. The van der Waals surface area contributed by atoms with Crippen LogP contribution in [0.1, 0.15) is 38.8 Å². The van der Waals surface area contributed by atoms with Crippen LogP contribution in [-0.4, -0.2) is 60.9 Å². The molecule has 2 heterocycles. The molecule has 38 heavy (non-hydrogen) atoms. The van der Waals surface area contributed by atoms with Gasteiger partial charge >= 0.3 is 0 Å². The first kappa shape index (κ1) is 27.8. The summed E-state index contributed by atoms with van der Waals surface area (Å²) in [5.41, 5.74) is 10.1. The van der Waals surface area contributed by atoms with Crippen LogP contribution in [0.15, 0.2) is 47.5 Å². The number of sulfone groups is 1. The van der Waals surface area contributed by atoms with Crippen molar-refractivity contribution in [2.45, 2.75) is 57.4 Å². The van der Waals surface area contributed by atoms with Crippen LogP contribution in [0.5, 0.6) is 5.75 Å². The minimum atomic E-state index is -3.54. The highest BCUT2D eigenvalue weighted by molar-refractivity contribution is 7.92. The Morgan fingerprint density at radius 1 is 1.11 bits per heavy atom. The van der Waals surface area contributed by atoms with Gasteiger partial charge in [-0.25, -0.2) is 13.4 Å². The predicted octanol–water partition coefficient (Wildman–Crippen LogP) is 4.58. The molecule has 1 saturated heterocycles. The lowest BCUT2D eigenvalue weighted by Crippen LogP contribution is -2.35. The van der Waals surface area contributed by atoms with Crippen molar-refractivity contribution < 1.29 is 17.9 Å². The number of rotatable bonds is 9. The fraction of sp³-hybridized carbons (Fsp3) is 0.429. The number of benzene rings is 2. The van der Waals surface area contributed by atoms with E-state index in [2.05, 4.69) is 39.2 Å². The molecule has 1 fully saturated rings. The minimum Gasteiger partial charge on any atom is -0.490 e. The largest absolute Gasteiger partial charge is 0.490 e. The maximum absolute atomic E-state index is 13.1. The van der Waals surface area contributed by atoms with Crippen molar-refractivity contribution in [1.82, 2.24) is 14.9 Å². The summed E-state index contributed by atoms with van der Waals surface area (Å²) in [5, 5.41) is 2.66. The van der Waals surface area contributed by atoms with Gasteiger partial charge in [0.15, 0.2) is 9.84 Å². The van der Waals surface area contributed by atoms with Crippen molar-refractivity contribution in [1.29, 1.82) is 0 Å². The molecular formula is C28H37N5O4S. The van der Waals surface area contributed by atoms with E-state index >= 15 is 0 Å². The zero-order chi connectivity index (χ0) is 27.4. The zero-order valence-electron chi connectivity index (χ0n) is 22.7. The first-order valence-electron chi connectivity index (χ1n) is 12.9. The van der Waals surface area contributed by atoms with Crippen LogP contribution in [0.3, 0.4) is 0 Å². The Labute approximate surface area is 225 Å². The molecule has 0 spiro atoms. The molecule has 0 unspecified atom stereocenters. The lowest BCUT2D eigenvalue weighted by atomic mass is 9.98. The van der Waals surface area contributed by atoms with Gasteiger partial charge in [-0.05, 0) is 70.0 Å². The summed E-state index contributed by atoms with van der Waals surface area (Å²) in [6.07, 6.45) is 1.59. The molecule has 0 amide bonds. The topological polar surface area (TPSA) is 120 Å². The lowest BCUT2D eigenvalue weighted by molar-refractivity contribution is 0.0341. The third-order valence-corrected chi connectivity index (χ3v) is 8.67. The molecule has 3 N–H and O–H groups in total. The molecule has 0 aliphatic carbocycles. The van der Waals surface area contributed by atoms with Crippen molar-refractivity contribution in [2.75, 3.05) is 37.4 Å². The number of aryl methyl sites for hydroxylation is 1. The van der Waals surface area contributed by atoms with E-state index in [0.29, 0.717) is 22.8 Å². The molecule has 204 valence electrons. The molecule has 1 aliphatic heterocycles. The zero-order valence-corrected chi connectivity index (χ0v) is 23.5. The van der Waals surface area contributed by atoms with Gasteiger partial charge in [0.05, 0.1) is 35.2 Å². The number of aromatic nitrogens is 2. The SMILES string of the molecule is Cc1cc(-c2cnc(N)nc2Nc2ccccc2S(=O)(=O)C(C)C)c(OC(C)C)cc1CN1CCOCC1. The van der Waals surface area contributed by atoms with Crippen LogP contribution in [0, 0.1) is 6.92 Å². The number of morpholine rings is 1. The Kier molecular flexibility index (Phi) is 8.54. The standard InChI is InChI=1S/C28H37N5O4S/c1-18(2)37-25-15-21(17-33-10-12-36-13-11-33)20(5)14-22(25)23-16-30-28(29)32-27(23)31-24-8-6-7-9-26(24)38(34,35)19(3)4/h6-9,14-16,18-19H,10-13,17H2,1-5H3,(H3,29,30,31,32). The highest BCUT2D eigenvalue weighted by Crippen LogP contribution is 2.39. The number of nitrogens with two attached hydrogens (primary N) is 1. The number of ether oxygens (including phenoxy) is 2. The van der Waals surface area contributed by atoms with Crippen molar-refractivity contribution in [3.05, 3.63) is 53.7 Å². The van der Waals surface area contributed by atoms with Gasteiger partial charge in [-0.15, -0.1) is 0 Å². The number of nitrogen functional groups attached to an aromatic ring is 1. The van der Waals surface area contributed by atoms with Crippen LogP contribution in [0.2, 0.25) is 0 Å². The molecule has 1 aromatic heterocycles. The smallest absolute Gasteiger partial charge is 0.221 e. The quantitative estimate of drug-likeness (QED) is 0.403. The highest BCUT2D eigenvalue weighted by Gasteiger charge is 2.24. The van der Waals surface area contributed by atoms with Crippen LogP contribution in [-0.2, 0) is 21.1 Å². The van der Waals surface area contributed by atoms with E-state index in [1.165, 1.54) is 5.56 Å². The summed E-state index contributed by atoms with van der Waals surface area (Å²) in [7, 11) is -3.54. The average Bonchev–Trinajstić information content (AvgIpc) is 2.87. The average molecular weight is 540 g/mol. The molecule has 1 aliphatic rings. The van der Waals surface area contributed by atoms with E-state index < -0.39 is 15.1 Å².